The highest BCUT2D eigenvalue weighted by Gasteiger charge is 2.35. The number of hydrogen-bond acceptors (Lipinski definition) is 8. The summed E-state index contributed by atoms with van der Waals surface area (Å²) in [5.74, 6) is 5.00. The predicted octanol–water partition coefficient (Wildman–Crippen LogP) is 1.40. The number of ether oxygens (including phenoxy) is 2. The van der Waals surface area contributed by atoms with Crippen molar-refractivity contribution in [3.63, 3.8) is 0 Å². The highest BCUT2D eigenvalue weighted by atomic mass is 32.2. The van der Waals surface area contributed by atoms with Gasteiger partial charge < -0.3 is 15.3 Å². The Balaban J connectivity index is 2.56. The first-order valence-electron chi connectivity index (χ1n) is 8.30. The Morgan fingerprint density at radius 3 is 2.25 bits per heavy atom. The largest absolute Gasteiger partial charge is 0.494 e. The van der Waals surface area contributed by atoms with E-state index in [4.69, 9.17) is 10.6 Å². The molecule has 0 atom stereocenters. The molecule has 0 radical (unpaired) electrons. The van der Waals surface area contributed by atoms with Gasteiger partial charge in [-0.2, -0.15) is 0 Å². The number of sulfone groups is 2. The van der Waals surface area contributed by atoms with Gasteiger partial charge in [0.1, 0.15) is 16.2 Å². The topological polar surface area (TPSA) is 135 Å². The molecule has 9 nitrogen and oxygen atoms in total. The Bertz CT molecular complexity index is 1070. The van der Waals surface area contributed by atoms with Crippen molar-refractivity contribution >= 4 is 25.6 Å². The standard InChI is InChI=1S/C17H22N2O7S2/c1-4-5-10-26-12-6-8-13(9-7-12)28(23,24)14-11-19(18)16(27(3,21)22)15(14)17(20)25-2/h6-9,11H,4-5,10,18H2,1-3H3. The van der Waals surface area contributed by atoms with Gasteiger partial charge >= 0.3 is 5.97 Å². The molecule has 0 bridgehead atoms. The predicted molar refractivity (Wildman–Crippen MR) is 101 cm³/mol. The molecule has 0 saturated carbocycles. The molecule has 1 aromatic heterocycles. The summed E-state index contributed by atoms with van der Waals surface area (Å²) in [5, 5.41) is -0.641. The molecule has 0 unspecified atom stereocenters. The number of hydrogen-bond donors (Lipinski definition) is 1. The van der Waals surface area contributed by atoms with Crippen LogP contribution >= 0.6 is 0 Å². The first kappa shape index (κ1) is 21.8. The van der Waals surface area contributed by atoms with E-state index in [0.717, 1.165) is 32.4 Å². The minimum Gasteiger partial charge on any atom is -0.494 e. The number of carbonyl (C=O) groups is 1. The quantitative estimate of drug-likeness (QED) is 0.377. The molecule has 0 fully saturated rings. The number of nitrogens with two attached hydrogens (primary N) is 1. The number of nitrogens with zero attached hydrogens (tertiary/aromatic N) is 1. The Morgan fingerprint density at radius 1 is 1.14 bits per heavy atom. The fraction of sp³-hybridized carbons (Fsp3) is 0.353. The smallest absolute Gasteiger partial charge is 0.342 e. The van der Waals surface area contributed by atoms with E-state index in [1.807, 2.05) is 6.92 Å². The Kier molecular flexibility index (Phi) is 6.40. The van der Waals surface area contributed by atoms with Gasteiger partial charge in [0.15, 0.2) is 14.9 Å². The van der Waals surface area contributed by atoms with Gasteiger partial charge in [-0.05, 0) is 30.7 Å². The maximum absolute atomic E-state index is 13.0. The van der Waals surface area contributed by atoms with Crippen molar-refractivity contribution in [3.05, 3.63) is 36.0 Å². The van der Waals surface area contributed by atoms with E-state index in [1.54, 1.807) is 0 Å². The highest BCUT2D eigenvalue weighted by Crippen LogP contribution is 2.31. The zero-order valence-corrected chi connectivity index (χ0v) is 17.3. The normalized spacial score (nSPS) is 12.0. The van der Waals surface area contributed by atoms with Crippen LogP contribution in [0.15, 0.2) is 45.3 Å². The molecule has 11 heteroatoms. The molecule has 1 aromatic carbocycles. The van der Waals surface area contributed by atoms with Gasteiger partial charge in [-0.3, -0.25) is 4.68 Å². The van der Waals surface area contributed by atoms with Crippen molar-refractivity contribution in [3.8, 4) is 5.75 Å². The average Bonchev–Trinajstić information content (AvgIpc) is 3.00. The minimum atomic E-state index is -4.25. The number of aromatic nitrogens is 1. The summed E-state index contributed by atoms with van der Waals surface area (Å²) < 4.78 is 60.8. The van der Waals surface area contributed by atoms with Crippen LogP contribution in [0, 0.1) is 0 Å². The zero-order valence-electron chi connectivity index (χ0n) is 15.7. The van der Waals surface area contributed by atoms with Crippen LogP contribution in [0.5, 0.6) is 5.75 Å². The summed E-state index contributed by atoms with van der Waals surface area (Å²) in [6.07, 6.45) is 3.52. The van der Waals surface area contributed by atoms with Crippen LogP contribution < -0.4 is 10.6 Å². The molecule has 0 spiro atoms. The number of methoxy groups -OCH3 is 1. The first-order chi connectivity index (χ1) is 13.0. The Morgan fingerprint density at radius 2 is 1.75 bits per heavy atom. The Labute approximate surface area is 163 Å². The number of carbonyl (C=O) groups excluding carboxylic acids is 1. The molecular weight excluding hydrogens is 408 g/mol. The van der Waals surface area contributed by atoms with Crippen LogP contribution in [-0.2, 0) is 24.4 Å². The van der Waals surface area contributed by atoms with Gasteiger partial charge in [-0.15, -0.1) is 0 Å². The maximum atomic E-state index is 13.0. The molecule has 0 aliphatic carbocycles. The lowest BCUT2D eigenvalue weighted by Crippen LogP contribution is -2.18. The first-order valence-corrected chi connectivity index (χ1v) is 11.7. The van der Waals surface area contributed by atoms with Crippen molar-refractivity contribution in [2.75, 3.05) is 25.8 Å². The lowest BCUT2D eigenvalue weighted by molar-refractivity contribution is 0.0591. The zero-order chi connectivity index (χ0) is 21.1. The molecule has 0 aliphatic rings. The summed E-state index contributed by atoms with van der Waals surface area (Å²) >= 11 is 0. The fourth-order valence-corrected chi connectivity index (χ4v) is 5.04. The molecule has 0 aliphatic heterocycles. The number of benzene rings is 1. The molecule has 2 rings (SSSR count). The summed E-state index contributed by atoms with van der Waals surface area (Å²) in [6.45, 7) is 2.52. The van der Waals surface area contributed by atoms with Gasteiger partial charge in [0.25, 0.3) is 0 Å². The van der Waals surface area contributed by atoms with Crippen molar-refractivity contribution in [1.82, 2.24) is 4.68 Å². The molecule has 0 saturated heterocycles. The van der Waals surface area contributed by atoms with Crippen LogP contribution in [0.3, 0.4) is 0 Å². The number of nitrogen functional groups attached to an aromatic ring is 1. The summed E-state index contributed by atoms with van der Waals surface area (Å²) in [5.41, 5.74) is -0.629. The maximum Gasteiger partial charge on any atom is 0.342 e. The summed E-state index contributed by atoms with van der Waals surface area (Å²) in [6, 6.07) is 5.59. The molecule has 154 valence electrons. The molecular formula is C17H22N2O7S2. The van der Waals surface area contributed by atoms with Gasteiger partial charge in [-0.1, -0.05) is 13.3 Å². The molecule has 28 heavy (non-hydrogen) atoms. The molecule has 2 aromatic rings. The van der Waals surface area contributed by atoms with Crippen LogP contribution in [0.1, 0.15) is 30.1 Å². The summed E-state index contributed by atoms with van der Waals surface area (Å²) in [4.78, 5) is 11.5. The van der Waals surface area contributed by atoms with Crippen molar-refractivity contribution < 1.29 is 31.1 Å². The molecule has 1 heterocycles. The fourth-order valence-electron chi connectivity index (χ4n) is 2.53. The van der Waals surface area contributed by atoms with Gasteiger partial charge in [0.05, 0.1) is 18.6 Å². The van der Waals surface area contributed by atoms with E-state index in [1.165, 1.54) is 24.3 Å². The van der Waals surface area contributed by atoms with E-state index in [-0.39, 0.29) is 4.90 Å². The van der Waals surface area contributed by atoms with Crippen molar-refractivity contribution in [1.29, 1.82) is 0 Å². The van der Waals surface area contributed by atoms with E-state index >= 15 is 0 Å². The third kappa shape index (κ3) is 4.30. The minimum absolute atomic E-state index is 0.147. The number of rotatable bonds is 8. The van der Waals surface area contributed by atoms with Crippen molar-refractivity contribution in [2.24, 2.45) is 0 Å². The second kappa shape index (κ2) is 8.23. The van der Waals surface area contributed by atoms with E-state index in [2.05, 4.69) is 4.74 Å². The lowest BCUT2D eigenvalue weighted by Gasteiger charge is -2.08. The Hall–Kier alpha value is -2.53. The third-order valence-corrected chi connectivity index (χ3v) is 6.78. The second-order valence-electron chi connectivity index (χ2n) is 6.02. The average molecular weight is 431 g/mol. The lowest BCUT2D eigenvalue weighted by atomic mass is 10.3. The van der Waals surface area contributed by atoms with Crippen LogP contribution in [0.25, 0.3) is 0 Å². The van der Waals surface area contributed by atoms with Gasteiger partial charge in [0, 0.05) is 12.5 Å². The van der Waals surface area contributed by atoms with E-state index in [0.29, 0.717) is 17.0 Å². The summed E-state index contributed by atoms with van der Waals surface area (Å²) in [7, 11) is -7.24. The molecule has 0 amide bonds. The van der Waals surface area contributed by atoms with E-state index < -0.39 is 41.1 Å². The highest BCUT2D eigenvalue weighted by molar-refractivity contribution is 7.92. The van der Waals surface area contributed by atoms with Gasteiger partial charge in [0.2, 0.25) is 9.84 Å². The van der Waals surface area contributed by atoms with Crippen LogP contribution in [-0.4, -0.2) is 47.5 Å². The van der Waals surface area contributed by atoms with Crippen molar-refractivity contribution in [2.45, 2.75) is 34.6 Å². The van der Waals surface area contributed by atoms with E-state index in [9.17, 15) is 21.6 Å². The third-order valence-electron chi connectivity index (χ3n) is 3.88. The van der Waals surface area contributed by atoms with Crippen LogP contribution in [0.2, 0.25) is 0 Å². The number of unbranched alkanes of at least 4 members (excludes halogenated alkanes) is 1. The SMILES string of the molecule is CCCCOc1ccc(S(=O)(=O)c2cn(N)c(S(C)(=O)=O)c2C(=O)OC)cc1. The van der Waals surface area contributed by atoms with Crippen LogP contribution in [0.4, 0.5) is 0 Å². The molecule has 2 N–H and O–H groups in total. The second-order valence-corrected chi connectivity index (χ2v) is 9.87. The van der Waals surface area contributed by atoms with Gasteiger partial charge in [-0.25, -0.2) is 21.6 Å². The monoisotopic (exact) mass is 430 g/mol. The number of esters is 1.